The molecule has 17 heavy (non-hydrogen) atoms. The van der Waals surface area contributed by atoms with Crippen LogP contribution in [0.15, 0.2) is 0 Å². The first kappa shape index (κ1) is 13.3. The van der Waals surface area contributed by atoms with Gasteiger partial charge in [-0.2, -0.15) is 0 Å². The van der Waals surface area contributed by atoms with E-state index in [2.05, 4.69) is 11.8 Å². The molecule has 1 aliphatic heterocycles. The molecule has 0 bridgehead atoms. The topological polar surface area (TPSA) is 47.7 Å². The molecule has 0 aromatic carbocycles. The van der Waals surface area contributed by atoms with E-state index >= 15 is 0 Å². The minimum atomic E-state index is 0.209. The van der Waals surface area contributed by atoms with Crippen LogP contribution in [0.1, 0.15) is 26.2 Å². The zero-order chi connectivity index (χ0) is 12.5. The number of hydrogen-bond acceptors (Lipinski definition) is 4. The smallest absolute Gasteiger partial charge is 0.0971 e. The third-order valence-electron chi connectivity index (χ3n) is 4.64. The molecular weight excluding hydrogens is 216 g/mol. The van der Waals surface area contributed by atoms with Crippen LogP contribution in [-0.2, 0) is 9.47 Å². The van der Waals surface area contributed by atoms with Crippen molar-refractivity contribution in [3.8, 4) is 0 Å². The van der Waals surface area contributed by atoms with Crippen molar-refractivity contribution in [3.05, 3.63) is 0 Å². The lowest BCUT2D eigenvalue weighted by atomic mass is 9.84. The molecule has 0 aromatic heterocycles. The number of hydrogen-bond donors (Lipinski definition) is 1. The Morgan fingerprint density at radius 2 is 1.82 bits per heavy atom. The zero-order valence-corrected chi connectivity index (χ0v) is 11.3. The average Bonchev–Trinajstić information content (AvgIpc) is 2.84. The number of nitrogens with zero attached hydrogens (tertiary/aromatic N) is 1. The maximum Gasteiger partial charge on any atom is 0.0971 e. The molecule has 2 N–H and O–H groups in total. The SMILES string of the molecule is COC1CN(CC2(C)CCCC2N)CC1OC. The minimum Gasteiger partial charge on any atom is -0.377 e. The van der Waals surface area contributed by atoms with Crippen molar-refractivity contribution in [1.29, 1.82) is 0 Å². The summed E-state index contributed by atoms with van der Waals surface area (Å²) in [4.78, 5) is 2.45. The molecule has 0 radical (unpaired) electrons. The van der Waals surface area contributed by atoms with Gasteiger partial charge in [-0.1, -0.05) is 13.3 Å². The lowest BCUT2D eigenvalue weighted by Crippen LogP contribution is -2.44. The molecule has 2 fully saturated rings. The number of nitrogens with two attached hydrogens (primary N) is 1. The Labute approximate surface area is 104 Å². The maximum absolute atomic E-state index is 6.24. The fraction of sp³-hybridized carbons (Fsp3) is 1.00. The van der Waals surface area contributed by atoms with Crippen molar-refractivity contribution in [2.45, 2.75) is 44.4 Å². The third kappa shape index (κ3) is 2.65. The van der Waals surface area contributed by atoms with Gasteiger partial charge in [0.1, 0.15) is 0 Å². The van der Waals surface area contributed by atoms with Gasteiger partial charge in [-0.3, -0.25) is 4.90 Å². The molecule has 0 spiro atoms. The largest absolute Gasteiger partial charge is 0.377 e. The van der Waals surface area contributed by atoms with Crippen LogP contribution < -0.4 is 5.73 Å². The van der Waals surface area contributed by atoms with Gasteiger partial charge < -0.3 is 15.2 Å². The zero-order valence-electron chi connectivity index (χ0n) is 11.3. The molecule has 100 valence electrons. The Morgan fingerprint density at radius 3 is 2.24 bits per heavy atom. The van der Waals surface area contributed by atoms with Crippen LogP contribution in [0.5, 0.6) is 0 Å². The average molecular weight is 242 g/mol. The van der Waals surface area contributed by atoms with E-state index in [1.807, 2.05) is 0 Å². The molecular formula is C13H26N2O2. The molecule has 4 heteroatoms. The molecule has 4 nitrogen and oxygen atoms in total. The number of methoxy groups -OCH3 is 2. The van der Waals surface area contributed by atoms with Crippen molar-refractivity contribution in [2.75, 3.05) is 33.9 Å². The number of likely N-dealkylation sites (tertiary alicyclic amines) is 1. The third-order valence-corrected chi connectivity index (χ3v) is 4.64. The standard InChI is InChI=1S/C13H26N2O2/c1-13(6-4-5-12(13)14)9-15-7-10(16-2)11(8-15)17-3/h10-12H,4-9,14H2,1-3H3. The van der Waals surface area contributed by atoms with E-state index in [0.29, 0.717) is 6.04 Å². The van der Waals surface area contributed by atoms with Crippen molar-refractivity contribution < 1.29 is 9.47 Å². The summed E-state index contributed by atoms with van der Waals surface area (Å²) in [5.74, 6) is 0. The molecule has 4 atom stereocenters. The lowest BCUT2D eigenvalue weighted by Gasteiger charge is -2.33. The molecule has 1 aliphatic carbocycles. The molecule has 2 aliphatic rings. The molecule has 2 rings (SSSR count). The predicted molar refractivity (Wildman–Crippen MR) is 68.0 cm³/mol. The van der Waals surface area contributed by atoms with Gasteiger partial charge in [-0.25, -0.2) is 0 Å². The monoisotopic (exact) mass is 242 g/mol. The Morgan fingerprint density at radius 1 is 1.24 bits per heavy atom. The molecule has 1 heterocycles. The first-order valence-electron chi connectivity index (χ1n) is 6.62. The number of ether oxygens (including phenoxy) is 2. The molecule has 1 saturated carbocycles. The highest BCUT2D eigenvalue weighted by atomic mass is 16.5. The van der Waals surface area contributed by atoms with Crippen LogP contribution in [0.25, 0.3) is 0 Å². The van der Waals surface area contributed by atoms with Gasteiger partial charge in [-0.15, -0.1) is 0 Å². The summed E-state index contributed by atoms with van der Waals surface area (Å²) in [5, 5.41) is 0. The molecule has 1 saturated heterocycles. The first-order chi connectivity index (χ1) is 8.09. The number of rotatable bonds is 4. The van der Waals surface area contributed by atoms with Gasteiger partial charge in [0.25, 0.3) is 0 Å². The highest BCUT2D eigenvalue weighted by Crippen LogP contribution is 2.38. The second-order valence-corrected chi connectivity index (χ2v) is 5.90. The van der Waals surface area contributed by atoms with Crippen LogP contribution in [0.2, 0.25) is 0 Å². The normalized spacial score (nSPS) is 43.4. The second kappa shape index (κ2) is 5.22. The van der Waals surface area contributed by atoms with Crippen molar-refractivity contribution >= 4 is 0 Å². The summed E-state index contributed by atoms with van der Waals surface area (Å²) in [6, 6.07) is 0.352. The van der Waals surface area contributed by atoms with Crippen LogP contribution in [0, 0.1) is 5.41 Å². The Balaban J connectivity index is 1.92. The van der Waals surface area contributed by atoms with Crippen LogP contribution in [0.3, 0.4) is 0 Å². The fourth-order valence-corrected chi connectivity index (χ4v) is 3.37. The summed E-state index contributed by atoms with van der Waals surface area (Å²) in [5.41, 5.74) is 6.52. The maximum atomic E-state index is 6.24. The van der Waals surface area contributed by atoms with E-state index in [1.165, 1.54) is 19.3 Å². The van der Waals surface area contributed by atoms with E-state index in [4.69, 9.17) is 15.2 Å². The Kier molecular flexibility index (Phi) is 4.08. The van der Waals surface area contributed by atoms with E-state index < -0.39 is 0 Å². The van der Waals surface area contributed by atoms with E-state index in [9.17, 15) is 0 Å². The van der Waals surface area contributed by atoms with E-state index in [-0.39, 0.29) is 17.6 Å². The summed E-state index contributed by atoms with van der Waals surface area (Å²) in [7, 11) is 3.53. The quantitative estimate of drug-likeness (QED) is 0.794. The van der Waals surface area contributed by atoms with Gasteiger partial charge in [0.05, 0.1) is 12.2 Å². The van der Waals surface area contributed by atoms with Crippen molar-refractivity contribution in [3.63, 3.8) is 0 Å². The summed E-state index contributed by atoms with van der Waals surface area (Å²) in [6.07, 6.45) is 4.11. The second-order valence-electron chi connectivity index (χ2n) is 5.90. The minimum absolute atomic E-state index is 0.209. The molecule has 0 aromatic rings. The predicted octanol–water partition coefficient (Wildman–Crippen LogP) is 0.850. The van der Waals surface area contributed by atoms with Gasteiger partial charge in [0.2, 0.25) is 0 Å². The summed E-state index contributed by atoms with van der Waals surface area (Å²) >= 11 is 0. The van der Waals surface area contributed by atoms with Gasteiger partial charge in [-0.05, 0) is 18.3 Å². The van der Waals surface area contributed by atoms with Crippen molar-refractivity contribution in [2.24, 2.45) is 11.1 Å². The lowest BCUT2D eigenvalue weighted by molar-refractivity contribution is -0.00461. The Hall–Kier alpha value is -0.160. The van der Waals surface area contributed by atoms with E-state index in [0.717, 1.165) is 19.6 Å². The van der Waals surface area contributed by atoms with Gasteiger partial charge in [0, 0.05) is 39.9 Å². The molecule has 4 unspecified atom stereocenters. The van der Waals surface area contributed by atoms with Crippen LogP contribution in [0.4, 0.5) is 0 Å². The van der Waals surface area contributed by atoms with Crippen LogP contribution >= 0.6 is 0 Å². The Bertz CT molecular complexity index is 250. The molecule has 0 amide bonds. The van der Waals surface area contributed by atoms with Crippen LogP contribution in [-0.4, -0.2) is 57.0 Å². The van der Waals surface area contributed by atoms with Gasteiger partial charge >= 0.3 is 0 Å². The fourth-order valence-electron chi connectivity index (χ4n) is 3.37. The van der Waals surface area contributed by atoms with Gasteiger partial charge in [0.15, 0.2) is 0 Å². The highest BCUT2D eigenvalue weighted by Gasteiger charge is 2.41. The summed E-state index contributed by atoms with van der Waals surface area (Å²) < 4.78 is 10.9. The van der Waals surface area contributed by atoms with E-state index in [1.54, 1.807) is 14.2 Å². The highest BCUT2D eigenvalue weighted by molar-refractivity contribution is 4.96. The van der Waals surface area contributed by atoms with Crippen molar-refractivity contribution in [1.82, 2.24) is 4.90 Å². The summed E-state index contributed by atoms with van der Waals surface area (Å²) in [6.45, 7) is 5.34. The first-order valence-corrected chi connectivity index (χ1v) is 6.62.